The van der Waals surface area contributed by atoms with Crippen LogP contribution in [-0.2, 0) is 14.3 Å². The first-order chi connectivity index (χ1) is 7.44. The normalized spacial score (nSPS) is 14.2. The smallest absolute Gasteiger partial charge is 0.313 e. The molecule has 0 saturated heterocycles. The van der Waals surface area contributed by atoms with Gasteiger partial charge in [0.25, 0.3) is 0 Å². The third-order valence-corrected chi connectivity index (χ3v) is 2.65. The molecule has 0 heterocycles. The molecule has 0 saturated carbocycles. The molecule has 0 amide bonds. The van der Waals surface area contributed by atoms with Crippen LogP contribution in [0.4, 0.5) is 0 Å². The van der Waals surface area contributed by atoms with E-state index in [4.69, 9.17) is 0 Å². The van der Waals surface area contributed by atoms with E-state index in [1.54, 1.807) is 0 Å². The van der Waals surface area contributed by atoms with Gasteiger partial charge in [-0.3, -0.25) is 9.59 Å². The SMILES string of the molecule is CCCCCC[C@](C)(O)C(=O)CC(=O)OC. The lowest BCUT2D eigenvalue weighted by atomic mass is 9.92. The van der Waals surface area contributed by atoms with E-state index in [-0.39, 0.29) is 6.42 Å². The maximum Gasteiger partial charge on any atom is 0.313 e. The molecule has 4 heteroatoms. The molecule has 0 bridgehead atoms. The highest BCUT2D eigenvalue weighted by Gasteiger charge is 2.30. The second kappa shape index (κ2) is 7.39. The van der Waals surface area contributed by atoms with E-state index in [9.17, 15) is 14.7 Å². The minimum atomic E-state index is -1.40. The van der Waals surface area contributed by atoms with Crippen LogP contribution in [0.25, 0.3) is 0 Å². The number of carbonyl (C=O) groups excluding carboxylic acids is 2. The first kappa shape index (κ1) is 15.1. The maximum atomic E-state index is 11.5. The molecule has 0 aliphatic carbocycles. The summed E-state index contributed by atoms with van der Waals surface area (Å²) in [6.45, 7) is 3.56. The lowest BCUT2D eigenvalue weighted by Crippen LogP contribution is -2.36. The molecule has 1 atom stereocenters. The predicted octanol–water partition coefficient (Wildman–Crippen LogP) is 1.84. The van der Waals surface area contributed by atoms with E-state index < -0.39 is 17.4 Å². The van der Waals surface area contributed by atoms with Crippen molar-refractivity contribution >= 4 is 11.8 Å². The zero-order valence-corrected chi connectivity index (χ0v) is 10.4. The number of esters is 1. The van der Waals surface area contributed by atoms with Crippen LogP contribution >= 0.6 is 0 Å². The molecule has 0 aromatic heterocycles. The summed E-state index contributed by atoms with van der Waals surface area (Å²) in [6, 6.07) is 0. The summed E-state index contributed by atoms with van der Waals surface area (Å²) in [5.74, 6) is -1.06. The number of hydrogen-bond donors (Lipinski definition) is 1. The molecule has 0 rings (SSSR count). The van der Waals surface area contributed by atoms with Crippen LogP contribution in [-0.4, -0.2) is 29.6 Å². The molecule has 16 heavy (non-hydrogen) atoms. The van der Waals surface area contributed by atoms with Crippen molar-refractivity contribution in [1.82, 2.24) is 0 Å². The van der Waals surface area contributed by atoms with Crippen molar-refractivity contribution in [2.45, 2.75) is 58.0 Å². The second-order valence-corrected chi connectivity index (χ2v) is 4.26. The van der Waals surface area contributed by atoms with Gasteiger partial charge >= 0.3 is 5.97 Å². The number of Topliss-reactive ketones (excluding diaryl/α,β-unsaturated/α-hetero) is 1. The van der Waals surface area contributed by atoms with Gasteiger partial charge in [0.2, 0.25) is 0 Å². The lowest BCUT2D eigenvalue weighted by molar-refractivity contribution is -0.149. The van der Waals surface area contributed by atoms with Crippen molar-refractivity contribution in [2.75, 3.05) is 7.11 Å². The molecule has 0 aromatic rings. The van der Waals surface area contributed by atoms with Crippen molar-refractivity contribution < 1.29 is 19.4 Å². The van der Waals surface area contributed by atoms with Crippen molar-refractivity contribution in [2.24, 2.45) is 0 Å². The quantitative estimate of drug-likeness (QED) is 0.392. The van der Waals surface area contributed by atoms with E-state index in [0.29, 0.717) is 6.42 Å². The van der Waals surface area contributed by atoms with Crippen molar-refractivity contribution in [3.8, 4) is 0 Å². The Balaban J connectivity index is 4.00. The van der Waals surface area contributed by atoms with E-state index >= 15 is 0 Å². The summed E-state index contributed by atoms with van der Waals surface area (Å²) < 4.78 is 4.39. The Labute approximate surface area is 97.0 Å². The molecule has 0 aliphatic heterocycles. The van der Waals surface area contributed by atoms with Crippen LogP contribution in [0.5, 0.6) is 0 Å². The van der Waals surface area contributed by atoms with Crippen LogP contribution in [0.2, 0.25) is 0 Å². The summed E-state index contributed by atoms with van der Waals surface area (Å²) in [6.07, 6.45) is 4.06. The monoisotopic (exact) mass is 230 g/mol. The highest BCUT2D eigenvalue weighted by Crippen LogP contribution is 2.18. The van der Waals surface area contributed by atoms with Gasteiger partial charge in [0.1, 0.15) is 12.0 Å². The third kappa shape index (κ3) is 5.85. The Morgan fingerprint density at radius 3 is 2.38 bits per heavy atom. The molecule has 94 valence electrons. The standard InChI is InChI=1S/C12H22O4/c1-4-5-6-7-8-12(2,15)10(13)9-11(14)16-3/h15H,4-9H2,1-3H3/t12-/m0/s1. The number of ketones is 1. The topological polar surface area (TPSA) is 63.6 Å². The highest BCUT2D eigenvalue weighted by atomic mass is 16.5. The van der Waals surface area contributed by atoms with Crippen LogP contribution in [0.15, 0.2) is 0 Å². The Hall–Kier alpha value is -0.900. The average molecular weight is 230 g/mol. The fourth-order valence-corrected chi connectivity index (χ4v) is 1.43. The Morgan fingerprint density at radius 1 is 1.25 bits per heavy atom. The van der Waals surface area contributed by atoms with Crippen LogP contribution in [0.1, 0.15) is 52.4 Å². The summed E-state index contributed by atoms with van der Waals surface area (Å²) in [5.41, 5.74) is -1.40. The first-order valence-electron chi connectivity index (χ1n) is 5.76. The number of hydrogen-bond acceptors (Lipinski definition) is 4. The summed E-state index contributed by atoms with van der Waals surface area (Å²) in [7, 11) is 1.23. The zero-order chi connectivity index (χ0) is 12.6. The van der Waals surface area contributed by atoms with Gasteiger partial charge in [0.05, 0.1) is 7.11 Å². The third-order valence-electron chi connectivity index (χ3n) is 2.65. The first-order valence-corrected chi connectivity index (χ1v) is 5.76. The van der Waals surface area contributed by atoms with Gasteiger partial charge in [-0.2, -0.15) is 0 Å². The number of methoxy groups -OCH3 is 1. The van der Waals surface area contributed by atoms with E-state index in [1.807, 2.05) is 0 Å². The van der Waals surface area contributed by atoms with Gasteiger partial charge < -0.3 is 9.84 Å². The fraction of sp³-hybridized carbons (Fsp3) is 0.833. The highest BCUT2D eigenvalue weighted by molar-refractivity contribution is 5.99. The zero-order valence-electron chi connectivity index (χ0n) is 10.4. The molecule has 4 nitrogen and oxygen atoms in total. The summed E-state index contributed by atoms with van der Waals surface area (Å²) >= 11 is 0. The van der Waals surface area contributed by atoms with Gasteiger partial charge in [-0.1, -0.05) is 32.6 Å². The molecule has 0 fully saturated rings. The molecule has 0 aliphatic rings. The van der Waals surface area contributed by atoms with Gasteiger partial charge in [-0.25, -0.2) is 0 Å². The molecular formula is C12H22O4. The van der Waals surface area contributed by atoms with Gasteiger partial charge in [-0.15, -0.1) is 0 Å². The molecule has 0 aromatic carbocycles. The Bertz CT molecular complexity index is 233. The summed E-state index contributed by atoms with van der Waals surface area (Å²) in [5, 5.41) is 9.87. The molecule has 0 radical (unpaired) electrons. The minimum Gasteiger partial charge on any atom is -0.469 e. The van der Waals surface area contributed by atoms with Gasteiger partial charge in [0.15, 0.2) is 5.78 Å². The van der Waals surface area contributed by atoms with Crippen LogP contribution in [0, 0.1) is 0 Å². The number of aliphatic hydroxyl groups is 1. The lowest BCUT2D eigenvalue weighted by Gasteiger charge is -2.21. The van der Waals surface area contributed by atoms with Gasteiger partial charge in [-0.05, 0) is 13.3 Å². The Morgan fingerprint density at radius 2 is 1.88 bits per heavy atom. The van der Waals surface area contributed by atoms with Crippen molar-refractivity contribution in [3.63, 3.8) is 0 Å². The number of unbranched alkanes of at least 4 members (excludes halogenated alkanes) is 3. The molecule has 1 N–H and O–H groups in total. The van der Waals surface area contributed by atoms with Crippen molar-refractivity contribution in [1.29, 1.82) is 0 Å². The number of ether oxygens (including phenoxy) is 1. The predicted molar refractivity (Wildman–Crippen MR) is 61.0 cm³/mol. The maximum absolute atomic E-state index is 11.5. The van der Waals surface area contributed by atoms with E-state index in [2.05, 4.69) is 11.7 Å². The number of carbonyl (C=O) groups is 2. The van der Waals surface area contributed by atoms with Gasteiger partial charge in [0, 0.05) is 0 Å². The molecule has 0 spiro atoms. The van der Waals surface area contributed by atoms with E-state index in [1.165, 1.54) is 14.0 Å². The van der Waals surface area contributed by atoms with Crippen molar-refractivity contribution in [3.05, 3.63) is 0 Å². The Kier molecular flexibility index (Phi) is 6.97. The average Bonchev–Trinajstić information content (AvgIpc) is 2.24. The number of rotatable bonds is 8. The fourth-order valence-electron chi connectivity index (χ4n) is 1.43. The van der Waals surface area contributed by atoms with Crippen LogP contribution < -0.4 is 0 Å². The second-order valence-electron chi connectivity index (χ2n) is 4.26. The minimum absolute atomic E-state index is 0.350. The molecular weight excluding hydrogens is 208 g/mol. The van der Waals surface area contributed by atoms with E-state index in [0.717, 1.165) is 25.7 Å². The summed E-state index contributed by atoms with van der Waals surface area (Å²) in [4.78, 5) is 22.4. The van der Waals surface area contributed by atoms with Crippen LogP contribution in [0.3, 0.4) is 0 Å². The largest absolute Gasteiger partial charge is 0.469 e. The molecule has 0 unspecified atom stereocenters.